The van der Waals surface area contributed by atoms with Crippen LogP contribution < -0.4 is 0 Å². The van der Waals surface area contributed by atoms with Gasteiger partial charge in [-0.15, -0.1) is 0 Å². The Morgan fingerprint density at radius 1 is 0.912 bits per heavy atom. The van der Waals surface area contributed by atoms with E-state index in [1.165, 1.54) is 12.1 Å². The first-order valence-electron chi connectivity index (χ1n) is 11.6. The minimum absolute atomic E-state index is 0.146. The van der Waals surface area contributed by atoms with Gasteiger partial charge in [-0.05, 0) is 49.0 Å². The zero-order chi connectivity index (χ0) is 24.7. The summed E-state index contributed by atoms with van der Waals surface area (Å²) < 4.78 is 40.5. The van der Waals surface area contributed by atoms with Crippen molar-refractivity contribution < 1.29 is 18.3 Å². The number of aromatic nitrogens is 2. The van der Waals surface area contributed by atoms with Crippen LogP contribution in [0.2, 0.25) is 0 Å². The average Bonchev–Trinajstić information content (AvgIpc) is 3.20. The molecule has 0 amide bonds. The highest BCUT2D eigenvalue weighted by molar-refractivity contribution is 5.64. The summed E-state index contributed by atoms with van der Waals surface area (Å²) in [6.45, 7) is 9.44. The molecule has 0 unspecified atom stereocenters. The van der Waals surface area contributed by atoms with Gasteiger partial charge in [0.05, 0.1) is 11.3 Å². The van der Waals surface area contributed by atoms with Gasteiger partial charge in [0.15, 0.2) is 0 Å². The van der Waals surface area contributed by atoms with Gasteiger partial charge in [0.25, 0.3) is 0 Å². The molecule has 0 aliphatic carbocycles. The molecule has 0 bridgehead atoms. The lowest BCUT2D eigenvalue weighted by Gasteiger charge is -2.23. The van der Waals surface area contributed by atoms with Gasteiger partial charge in [-0.25, -0.2) is 4.98 Å². The van der Waals surface area contributed by atoms with Gasteiger partial charge < -0.3 is 14.6 Å². The van der Waals surface area contributed by atoms with E-state index in [4.69, 9.17) is 0 Å². The molecule has 1 heterocycles. The van der Waals surface area contributed by atoms with Crippen LogP contribution in [0.4, 0.5) is 13.2 Å². The summed E-state index contributed by atoms with van der Waals surface area (Å²) in [6, 6.07) is 12.9. The number of rotatable bonds is 11. The number of hydrogen-bond donors (Lipinski definition) is 1. The summed E-state index contributed by atoms with van der Waals surface area (Å²) in [6.07, 6.45) is -2.52. The number of aliphatic hydroxyl groups is 1. The van der Waals surface area contributed by atoms with E-state index >= 15 is 0 Å². The SMILES string of the molecule is CCN(CC)CCN(C)Cc1cnc(CO)n1Cc1ccc(-c2ccc(C(F)(F)F)cc2)cc1. The Balaban J connectivity index is 1.70. The number of hydrogen-bond acceptors (Lipinski definition) is 4. The van der Waals surface area contributed by atoms with Gasteiger partial charge >= 0.3 is 6.18 Å². The third kappa shape index (κ3) is 6.68. The number of aliphatic hydroxyl groups excluding tert-OH is 1. The third-order valence-corrected chi connectivity index (χ3v) is 6.13. The molecule has 0 aliphatic rings. The summed E-state index contributed by atoms with van der Waals surface area (Å²) in [5, 5.41) is 9.77. The van der Waals surface area contributed by atoms with Gasteiger partial charge in [-0.1, -0.05) is 50.2 Å². The number of halogens is 3. The van der Waals surface area contributed by atoms with E-state index in [-0.39, 0.29) is 6.61 Å². The second kappa shape index (κ2) is 11.6. The predicted molar refractivity (Wildman–Crippen MR) is 128 cm³/mol. The summed E-state index contributed by atoms with van der Waals surface area (Å²) in [5.41, 5.74) is 2.98. The molecule has 0 radical (unpaired) electrons. The fourth-order valence-corrected chi connectivity index (χ4v) is 3.94. The summed E-state index contributed by atoms with van der Waals surface area (Å²) in [4.78, 5) is 9.02. The van der Waals surface area contributed by atoms with Crippen molar-refractivity contribution in [3.63, 3.8) is 0 Å². The highest BCUT2D eigenvalue weighted by atomic mass is 19.4. The van der Waals surface area contributed by atoms with Gasteiger partial charge in [0.1, 0.15) is 12.4 Å². The molecule has 0 fully saturated rings. The van der Waals surface area contributed by atoms with Crippen LogP contribution in [-0.4, -0.2) is 57.7 Å². The van der Waals surface area contributed by atoms with E-state index in [0.717, 1.165) is 67.2 Å². The molecule has 34 heavy (non-hydrogen) atoms. The Bertz CT molecular complexity index is 1030. The molecule has 0 atom stereocenters. The van der Waals surface area contributed by atoms with Crippen molar-refractivity contribution >= 4 is 0 Å². The van der Waals surface area contributed by atoms with E-state index in [2.05, 4.69) is 35.7 Å². The number of imidazole rings is 1. The fraction of sp³-hybridized carbons (Fsp3) is 0.423. The molecule has 2 aromatic carbocycles. The van der Waals surface area contributed by atoms with Crippen molar-refractivity contribution in [2.75, 3.05) is 33.2 Å². The van der Waals surface area contributed by atoms with Gasteiger partial charge in [-0.3, -0.25) is 4.90 Å². The van der Waals surface area contributed by atoms with Crippen molar-refractivity contribution in [2.24, 2.45) is 0 Å². The molecule has 0 spiro atoms. The molecular formula is C26H33F3N4O. The molecule has 0 saturated heterocycles. The summed E-state index contributed by atoms with van der Waals surface area (Å²) in [7, 11) is 2.08. The lowest BCUT2D eigenvalue weighted by atomic mass is 10.0. The molecule has 0 aliphatic heterocycles. The van der Waals surface area contributed by atoms with Crippen LogP contribution in [0.25, 0.3) is 11.1 Å². The van der Waals surface area contributed by atoms with Crippen LogP contribution in [0.15, 0.2) is 54.7 Å². The Kier molecular flexibility index (Phi) is 8.88. The molecule has 0 saturated carbocycles. The molecule has 5 nitrogen and oxygen atoms in total. The van der Waals surface area contributed by atoms with Crippen LogP contribution in [0.5, 0.6) is 0 Å². The quantitative estimate of drug-likeness (QED) is 0.430. The minimum Gasteiger partial charge on any atom is -0.388 e. The molecule has 3 rings (SSSR count). The Morgan fingerprint density at radius 2 is 1.50 bits per heavy atom. The largest absolute Gasteiger partial charge is 0.416 e. The first kappa shape index (κ1) is 25.9. The molecule has 3 aromatic rings. The summed E-state index contributed by atoms with van der Waals surface area (Å²) in [5.74, 6) is 0.610. The maximum Gasteiger partial charge on any atom is 0.416 e. The van der Waals surface area contributed by atoms with Crippen LogP contribution in [0.3, 0.4) is 0 Å². The second-order valence-corrected chi connectivity index (χ2v) is 8.45. The molecule has 1 aromatic heterocycles. The fourth-order valence-electron chi connectivity index (χ4n) is 3.94. The van der Waals surface area contributed by atoms with E-state index in [0.29, 0.717) is 12.4 Å². The second-order valence-electron chi connectivity index (χ2n) is 8.45. The first-order chi connectivity index (χ1) is 16.2. The highest BCUT2D eigenvalue weighted by Crippen LogP contribution is 2.31. The van der Waals surface area contributed by atoms with Gasteiger partial charge in [0.2, 0.25) is 0 Å². The van der Waals surface area contributed by atoms with Crippen molar-refractivity contribution in [3.05, 3.63) is 77.4 Å². The Morgan fingerprint density at radius 3 is 2.03 bits per heavy atom. The average molecular weight is 475 g/mol. The van der Waals surface area contributed by atoms with Gasteiger partial charge in [0, 0.05) is 32.4 Å². The van der Waals surface area contributed by atoms with Gasteiger partial charge in [-0.2, -0.15) is 13.2 Å². The van der Waals surface area contributed by atoms with Crippen LogP contribution >= 0.6 is 0 Å². The van der Waals surface area contributed by atoms with Crippen molar-refractivity contribution in [3.8, 4) is 11.1 Å². The lowest BCUT2D eigenvalue weighted by Crippen LogP contribution is -2.33. The van der Waals surface area contributed by atoms with Crippen molar-refractivity contribution in [2.45, 2.75) is 39.7 Å². The lowest BCUT2D eigenvalue weighted by molar-refractivity contribution is -0.137. The third-order valence-electron chi connectivity index (χ3n) is 6.13. The number of alkyl halides is 3. The molecule has 1 N–H and O–H groups in total. The van der Waals surface area contributed by atoms with Crippen molar-refractivity contribution in [1.29, 1.82) is 0 Å². The molecular weight excluding hydrogens is 441 g/mol. The predicted octanol–water partition coefficient (Wildman–Crippen LogP) is 4.88. The topological polar surface area (TPSA) is 44.5 Å². The number of benzene rings is 2. The van der Waals surface area contributed by atoms with Crippen LogP contribution in [0.1, 0.15) is 36.5 Å². The molecule has 184 valence electrons. The van der Waals surface area contributed by atoms with E-state index < -0.39 is 11.7 Å². The smallest absolute Gasteiger partial charge is 0.388 e. The Hall–Kier alpha value is -2.68. The number of nitrogens with zero attached hydrogens (tertiary/aromatic N) is 4. The van der Waals surface area contributed by atoms with E-state index in [1.807, 2.05) is 35.0 Å². The summed E-state index contributed by atoms with van der Waals surface area (Å²) >= 11 is 0. The normalized spacial score (nSPS) is 12.1. The molecule has 8 heteroatoms. The monoisotopic (exact) mass is 474 g/mol. The maximum absolute atomic E-state index is 12.8. The standard InChI is InChI=1S/C26H33F3N4O/c1-4-32(5-2)15-14-31(3)18-24-16-30-25(19-34)33(24)17-20-6-8-21(9-7-20)22-10-12-23(13-11-22)26(27,28)29/h6-13,16,34H,4-5,14-15,17-19H2,1-3H3. The zero-order valence-corrected chi connectivity index (χ0v) is 20.0. The maximum atomic E-state index is 12.8. The highest BCUT2D eigenvalue weighted by Gasteiger charge is 2.29. The number of likely N-dealkylation sites (N-methyl/N-ethyl adjacent to an activating group) is 2. The van der Waals surface area contributed by atoms with Crippen LogP contribution in [-0.2, 0) is 25.9 Å². The first-order valence-corrected chi connectivity index (χ1v) is 11.6. The van der Waals surface area contributed by atoms with E-state index in [1.54, 1.807) is 0 Å². The van der Waals surface area contributed by atoms with Crippen molar-refractivity contribution in [1.82, 2.24) is 19.4 Å². The van der Waals surface area contributed by atoms with Crippen LogP contribution in [0, 0.1) is 0 Å². The Labute approximate surface area is 199 Å². The van der Waals surface area contributed by atoms with E-state index in [9.17, 15) is 18.3 Å². The minimum atomic E-state index is -4.34. The zero-order valence-electron chi connectivity index (χ0n) is 20.0.